The Bertz CT molecular complexity index is 1290. The number of anilines is 1. The van der Waals surface area contributed by atoms with Crippen molar-refractivity contribution in [1.82, 2.24) is 20.0 Å². The fourth-order valence-corrected chi connectivity index (χ4v) is 4.10. The predicted molar refractivity (Wildman–Crippen MR) is 133 cm³/mol. The number of rotatable bonds is 9. The first-order valence-corrected chi connectivity index (χ1v) is 11.5. The number of hydrogen-bond donors (Lipinski definition) is 2. The van der Waals surface area contributed by atoms with Crippen molar-refractivity contribution in [2.45, 2.75) is 53.1 Å². The Labute approximate surface area is 199 Å². The van der Waals surface area contributed by atoms with E-state index < -0.39 is 0 Å². The molecule has 0 unspecified atom stereocenters. The Morgan fingerprint density at radius 2 is 2.06 bits per heavy atom. The lowest BCUT2D eigenvalue weighted by atomic mass is 10.0. The van der Waals surface area contributed by atoms with E-state index in [-0.39, 0.29) is 11.9 Å². The number of carbonyl (C=O) groups excluding carboxylic acids is 1. The van der Waals surface area contributed by atoms with E-state index in [1.54, 1.807) is 6.33 Å². The van der Waals surface area contributed by atoms with E-state index in [4.69, 9.17) is 15.0 Å². The normalized spacial score (nSPS) is 11.3. The molecule has 0 aliphatic heterocycles. The molecule has 2 heterocycles. The van der Waals surface area contributed by atoms with Crippen LogP contribution in [0.5, 0.6) is 5.75 Å². The van der Waals surface area contributed by atoms with Crippen LogP contribution in [0.1, 0.15) is 43.7 Å². The molecule has 0 fully saturated rings. The van der Waals surface area contributed by atoms with Crippen LogP contribution in [0.15, 0.2) is 47.2 Å². The summed E-state index contributed by atoms with van der Waals surface area (Å²) < 4.78 is 13.3. The molecule has 0 bridgehead atoms. The van der Waals surface area contributed by atoms with E-state index in [2.05, 4.69) is 32.2 Å². The third-order valence-corrected chi connectivity index (χ3v) is 5.59. The van der Waals surface area contributed by atoms with Crippen LogP contribution in [0.4, 0.5) is 5.69 Å². The second-order valence-corrected chi connectivity index (χ2v) is 8.83. The molecule has 4 rings (SSSR count). The largest absolute Gasteiger partial charge is 0.494 e. The molecule has 34 heavy (non-hydrogen) atoms. The molecule has 2 aromatic carbocycles. The van der Waals surface area contributed by atoms with Gasteiger partial charge in [0.2, 0.25) is 5.91 Å². The summed E-state index contributed by atoms with van der Waals surface area (Å²) in [5.41, 5.74) is 12.5. The smallest absolute Gasteiger partial charge is 0.220 e. The van der Waals surface area contributed by atoms with E-state index in [0.717, 1.165) is 44.9 Å². The zero-order valence-electron chi connectivity index (χ0n) is 20.1. The molecule has 8 nitrogen and oxygen atoms in total. The number of nitrogens with one attached hydrogen (secondary N) is 1. The second-order valence-electron chi connectivity index (χ2n) is 8.83. The fourth-order valence-electron chi connectivity index (χ4n) is 4.10. The third-order valence-electron chi connectivity index (χ3n) is 5.59. The van der Waals surface area contributed by atoms with Gasteiger partial charge in [-0.2, -0.15) is 0 Å². The van der Waals surface area contributed by atoms with Crippen LogP contribution in [0.2, 0.25) is 0 Å². The van der Waals surface area contributed by atoms with Gasteiger partial charge in [0.15, 0.2) is 0 Å². The first kappa shape index (κ1) is 23.4. The minimum Gasteiger partial charge on any atom is -0.494 e. The number of benzene rings is 2. The molecule has 4 aromatic rings. The summed E-state index contributed by atoms with van der Waals surface area (Å²) in [5.74, 6) is 1.59. The van der Waals surface area contributed by atoms with Gasteiger partial charge in [-0.3, -0.25) is 4.79 Å². The first-order chi connectivity index (χ1) is 16.3. The summed E-state index contributed by atoms with van der Waals surface area (Å²) in [6.07, 6.45) is 2.92. The Morgan fingerprint density at radius 3 is 2.79 bits per heavy atom. The third kappa shape index (κ3) is 5.22. The Hall–Kier alpha value is -3.81. The highest BCUT2D eigenvalue weighted by Gasteiger charge is 2.16. The molecule has 2 aromatic heterocycles. The number of amides is 1. The highest BCUT2D eigenvalue weighted by molar-refractivity contribution is 5.92. The lowest BCUT2D eigenvalue weighted by Crippen LogP contribution is -2.30. The van der Waals surface area contributed by atoms with Crippen LogP contribution in [-0.4, -0.2) is 33.3 Å². The van der Waals surface area contributed by atoms with Gasteiger partial charge in [0.25, 0.3) is 0 Å². The number of aryl methyl sites for hydroxylation is 2. The van der Waals surface area contributed by atoms with Crippen molar-refractivity contribution >= 4 is 22.6 Å². The molecular formula is C26H31N5O3. The van der Waals surface area contributed by atoms with Gasteiger partial charge in [0, 0.05) is 24.6 Å². The van der Waals surface area contributed by atoms with Crippen molar-refractivity contribution in [3.8, 4) is 16.9 Å². The number of hydrogen-bond acceptors (Lipinski definition) is 6. The van der Waals surface area contributed by atoms with Crippen molar-refractivity contribution in [3.05, 3.63) is 59.7 Å². The van der Waals surface area contributed by atoms with Gasteiger partial charge in [0.05, 0.1) is 29.8 Å². The number of ether oxygens (including phenoxy) is 1. The van der Waals surface area contributed by atoms with Crippen molar-refractivity contribution in [1.29, 1.82) is 0 Å². The molecule has 0 saturated heterocycles. The summed E-state index contributed by atoms with van der Waals surface area (Å²) in [6.45, 7) is 8.83. The topological polar surface area (TPSA) is 108 Å². The zero-order chi connectivity index (χ0) is 24.2. The average molecular weight is 462 g/mol. The van der Waals surface area contributed by atoms with Gasteiger partial charge in [-0.05, 0) is 69.5 Å². The van der Waals surface area contributed by atoms with Gasteiger partial charge < -0.3 is 24.9 Å². The van der Waals surface area contributed by atoms with Crippen molar-refractivity contribution < 1.29 is 14.1 Å². The van der Waals surface area contributed by atoms with Gasteiger partial charge in [0.1, 0.15) is 17.0 Å². The summed E-state index contributed by atoms with van der Waals surface area (Å²) in [7, 11) is 0. The van der Waals surface area contributed by atoms with E-state index >= 15 is 0 Å². The average Bonchev–Trinajstić information content (AvgIpc) is 3.34. The minimum atomic E-state index is 0.0505. The van der Waals surface area contributed by atoms with Gasteiger partial charge in [-0.25, -0.2) is 4.98 Å². The number of imidazole rings is 1. The molecule has 178 valence electrons. The first-order valence-electron chi connectivity index (χ1n) is 11.5. The molecule has 0 aliphatic carbocycles. The lowest BCUT2D eigenvalue weighted by Gasteiger charge is -2.11. The Kier molecular flexibility index (Phi) is 6.86. The molecule has 0 spiro atoms. The number of nitrogens with two attached hydrogens (primary N) is 1. The minimum absolute atomic E-state index is 0.0505. The quantitative estimate of drug-likeness (QED) is 0.278. The summed E-state index contributed by atoms with van der Waals surface area (Å²) >= 11 is 0. The Morgan fingerprint density at radius 1 is 1.24 bits per heavy atom. The maximum Gasteiger partial charge on any atom is 0.220 e. The second kappa shape index (κ2) is 9.99. The number of aromatic nitrogens is 3. The highest BCUT2D eigenvalue weighted by atomic mass is 16.5. The number of fused-ring (bicyclic) bond motifs is 1. The van der Waals surface area contributed by atoms with E-state index in [9.17, 15) is 4.79 Å². The summed E-state index contributed by atoms with van der Waals surface area (Å²) in [6, 6.07) is 12.1. The Balaban J connectivity index is 1.48. The molecule has 8 heteroatoms. The van der Waals surface area contributed by atoms with Crippen molar-refractivity contribution in [2.75, 3.05) is 12.3 Å². The van der Waals surface area contributed by atoms with Gasteiger partial charge in [-0.1, -0.05) is 17.3 Å². The number of nitrogen functional groups attached to an aromatic ring is 1. The highest BCUT2D eigenvalue weighted by Crippen LogP contribution is 2.33. The maximum absolute atomic E-state index is 11.8. The van der Waals surface area contributed by atoms with Crippen LogP contribution >= 0.6 is 0 Å². The van der Waals surface area contributed by atoms with Crippen LogP contribution in [0, 0.1) is 13.8 Å². The van der Waals surface area contributed by atoms with Crippen LogP contribution in [0.3, 0.4) is 0 Å². The van der Waals surface area contributed by atoms with E-state index in [0.29, 0.717) is 31.7 Å². The molecule has 0 atom stereocenters. The fraction of sp³-hybridized carbons (Fsp3) is 0.346. The van der Waals surface area contributed by atoms with Crippen LogP contribution < -0.4 is 15.8 Å². The van der Waals surface area contributed by atoms with E-state index in [1.807, 2.05) is 52.0 Å². The molecule has 0 saturated carbocycles. The molecular weight excluding hydrogens is 430 g/mol. The predicted octanol–water partition coefficient (Wildman–Crippen LogP) is 4.62. The molecule has 3 N–H and O–H groups in total. The molecule has 0 radical (unpaired) electrons. The van der Waals surface area contributed by atoms with Crippen LogP contribution in [0.25, 0.3) is 22.2 Å². The maximum atomic E-state index is 11.8. The summed E-state index contributed by atoms with van der Waals surface area (Å²) in [4.78, 5) is 16.3. The van der Waals surface area contributed by atoms with Crippen molar-refractivity contribution in [2.24, 2.45) is 0 Å². The monoisotopic (exact) mass is 461 g/mol. The lowest BCUT2D eigenvalue weighted by molar-refractivity contribution is -0.121. The summed E-state index contributed by atoms with van der Waals surface area (Å²) in [5, 5.41) is 6.96. The zero-order valence-corrected chi connectivity index (χ0v) is 20.1. The van der Waals surface area contributed by atoms with Crippen molar-refractivity contribution in [3.63, 3.8) is 0 Å². The SMILES string of the molecule is Cc1noc(C)c1-c1cc(N)c2ncn(Cc3cccc(OCCCC(=O)NC(C)C)c3)c2c1. The van der Waals surface area contributed by atoms with Gasteiger partial charge >= 0.3 is 0 Å². The van der Waals surface area contributed by atoms with E-state index in [1.165, 1.54) is 0 Å². The molecule has 0 aliphatic rings. The number of nitrogens with zero attached hydrogens (tertiary/aromatic N) is 3. The standard InChI is InChI=1S/C26H31N5O3/c1-16(2)29-24(32)9-6-10-33-21-8-5-7-19(11-21)14-31-15-28-26-22(27)12-20(13-23(26)31)25-17(3)30-34-18(25)4/h5,7-8,11-13,15-16H,6,9-10,14,27H2,1-4H3,(H,29,32). The number of carbonyl (C=O) groups is 1. The molecule has 1 amide bonds. The van der Waals surface area contributed by atoms with Crippen LogP contribution in [-0.2, 0) is 11.3 Å². The van der Waals surface area contributed by atoms with Gasteiger partial charge in [-0.15, -0.1) is 0 Å².